The van der Waals surface area contributed by atoms with Gasteiger partial charge in [-0.2, -0.15) is 11.8 Å². The Morgan fingerprint density at radius 2 is 2.06 bits per heavy atom. The maximum Gasteiger partial charge on any atom is 0.175 e. The molecule has 102 valence electrons. The Hall–Kier alpha value is -0.880. The number of nitrogens with zero attached hydrogens (tertiary/aromatic N) is 1. The average Bonchev–Trinajstić information content (AvgIpc) is 2.27. The largest absolute Gasteiger partial charge is 0.397 e. The molecule has 0 fully saturated rings. The second kappa shape index (κ2) is 5.84. The van der Waals surface area contributed by atoms with Gasteiger partial charge in [-0.05, 0) is 31.4 Å². The zero-order valence-electron chi connectivity index (χ0n) is 11.2. The Balaban J connectivity index is 3.06. The molecule has 0 spiro atoms. The molecule has 1 unspecified atom stereocenters. The minimum atomic E-state index is -3.20. The van der Waals surface area contributed by atoms with E-state index in [9.17, 15) is 8.42 Å². The first-order valence-corrected chi connectivity index (χ1v) is 8.87. The summed E-state index contributed by atoms with van der Waals surface area (Å²) in [5.74, 6) is 0.990. The van der Waals surface area contributed by atoms with Gasteiger partial charge < -0.3 is 10.6 Å². The summed E-state index contributed by atoms with van der Waals surface area (Å²) in [5.41, 5.74) is 7.30. The molecule has 0 saturated carbocycles. The van der Waals surface area contributed by atoms with Crippen molar-refractivity contribution in [2.24, 2.45) is 0 Å². The Labute approximate surface area is 113 Å². The molecule has 0 saturated heterocycles. The lowest BCUT2D eigenvalue weighted by Gasteiger charge is -2.27. The van der Waals surface area contributed by atoms with Crippen LogP contribution in [0.25, 0.3) is 0 Å². The van der Waals surface area contributed by atoms with Gasteiger partial charge in [-0.3, -0.25) is 0 Å². The van der Waals surface area contributed by atoms with E-state index in [1.807, 2.05) is 7.05 Å². The summed E-state index contributed by atoms with van der Waals surface area (Å²) in [5, 5.41) is 0. The minimum Gasteiger partial charge on any atom is -0.397 e. The highest BCUT2D eigenvalue weighted by atomic mass is 32.2. The van der Waals surface area contributed by atoms with Gasteiger partial charge in [0.15, 0.2) is 9.84 Å². The topological polar surface area (TPSA) is 63.4 Å². The number of sulfone groups is 1. The number of benzene rings is 1. The highest BCUT2D eigenvalue weighted by molar-refractivity contribution is 7.98. The molecule has 6 heteroatoms. The number of rotatable bonds is 5. The van der Waals surface area contributed by atoms with Crippen molar-refractivity contribution in [2.75, 3.05) is 35.9 Å². The van der Waals surface area contributed by atoms with E-state index >= 15 is 0 Å². The summed E-state index contributed by atoms with van der Waals surface area (Å²) in [7, 11) is -1.24. The number of hydrogen-bond donors (Lipinski definition) is 1. The molecule has 1 aromatic carbocycles. The SMILES string of the molecule is CSCC(C)N(C)c1ccc(S(C)(=O)=O)cc1N. The van der Waals surface area contributed by atoms with Crippen LogP contribution in [-0.4, -0.2) is 39.8 Å². The van der Waals surface area contributed by atoms with E-state index in [0.717, 1.165) is 11.4 Å². The average molecular weight is 288 g/mol. The number of thioether (sulfide) groups is 1. The van der Waals surface area contributed by atoms with E-state index in [-0.39, 0.29) is 4.90 Å². The molecule has 0 aliphatic heterocycles. The number of hydrogen-bond acceptors (Lipinski definition) is 5. The molecule has 0 aliphatic rings. The Bertz CT molecular complexity index is 515. The fraction of sp³-hybridized carbons (Fsp3) is 0.500. The highest BCUT2D eigenvalue weighted by Gasteiger charge is 2.15. The molecule has 2 N–H and O–H groups in total. The summed E-state index contributed by atoms with van der Waals surface area (Å²) >= 11 is 1.77. The lowest BCUT2D eigenvalue weighted by atomic mass is 10.2. The third-order valence-electron chi connectivity index (χ3n) is 2.88. The van der Waals surface area contributed by atoms with Crippen LogP contribution in [0.4, 0.5) is 11.4 Å². The van der Waals surface area contributed by atoms with Crippen molar-refractivity contribution in [3.05, 3.63) is 18.2 Å². The molecule has 0 aliphatic carbocycles. The van der Waals surface area contributed by atoms with Crippen LogP contribution in [0.5, 0.6) is 0 Å². The molecule has 0 aromatic heterocycles. The maximum atomic E-state index is 11.4. The first-order chi connectivity index (χ1) is 8.27. The molecule has 0 radical (unpaired) electrons. The zero-order chi connectivity index (χ0) is 13.9. The predicted octanol–water partition coefficient (Wildman–Crippen LogP) is 1.86. The van der Waals surface area contributed by atoms with E-state index in [2.05, 4.69) is 18.1 Å². The van der Waals surface area contributed by atoms with Crippen LogP contribution in [0.2, 0.25) is 0 Å². The van der Waals surface area contributed by atoms with E-state index in [4.69, 9.17) is 5.73 Å². The lowest BCUT2D eigenvalue weighted by molar-refractivity contribution is 0.602. The molecular weight excluding hydrogens is 268 g/mol. The lowest BCUT2D eigenvalue weighted by Crippen LogP contribution is -2.31. The number of nitrogens with two attached hydrogens (primary N) is 1. The third kappa shape index (κ3) is 3.55. The standard InChI is InChI=1S/C12H20N2O2S2/c1-9(8-17-3)14(2)12-6-5-10(7-11(12)13)18(4,15)16/h5-7,9H,8,13H2,1-4H3. The highest BCUT2D eigenvalue weighted by Crippen LogP contribution is 2.27. The van der Waals surface area contributed by atoms with Gasteiger partial charge in [0.25, 0.3) is 0 Å². The van der Waals surface area contributed by atoms with Crippen molar-refractivity contribution in [1.29, 1.82) is 0 Å². The number of anilines is 2. The van der Waals surface area contributed by atoms with Gasteiger partial charge in [0, 0.05) is 25.1 Å². The fourth-order valence-corrected chi connectivity index (χ4v) is 3.04. The molecule has 1 rings (SSSR count). The maximum absolute atomic E-state index is 11.4. The van der Waals surface area contributed by atoms with E-state index in [1.165, 1.54) is 12.3 Å². The van der Waals surface area contributed by atoms with Crippen LogP contribution in [-0.2, 0) is 9.84 Å². The van der Waals surface area contributed by atoms with Gasteiger partial charge in [-0.15, -0.1) is 0 Å². The Morgan fingerprint density at radius 1 is 1.44 bits per heavy atom. The van der Waals surface area contributed by atoms with Crippen molar-refractivity contribution < 1.29 is 8.42 Å². The molecule has 0 heterocycles. The van der Waals surface area contributed by atoms with Crippen LogP contribution < -0.4 is 10.6 Å². The first kappa shape index (κ1) is 15.2. The molecule has 18 heavy (non-hydrogen) atoms. The number of nitrogen functional groups attached to an aromatic ring is 1. The zero-order valence-corrected chi connectivity index (χ0v) is 12.8. The van der Waals surface area contributed by atoms with Gasteiger partial charge in [0.05, 0.1) is 16.3 Å². The van der Waals surface area contributed by atoms with E-state index in [1.54, 1.807) is 23.9 Å². The van der Waals surface area contributed by atoms with Crippen molar-refractivity contribution in [3.8, 4) is 0 Å². The van der Waals surface area contributed by atoms with E-state index in [0.29, 0.717) is 11.7 Å². The van der Waals surface area contributed by atoms with Crippen LogP contribution >= 0.6 is 11.8 Å². The second-order valence-electron chi connectivity index (χ2n) is 4.41. The molecule has 4 nitrogen and oxygen atoms in total. The fourth-order valence-electron chi connectivity index (χ4n) is 1.67. The molecule has 1 atom stereocenters. The summed E-state index contributed by atoms with van der Waals surface area (Å²) in [6.07, 6.45) is 3.24. The van der Waals surface area contributed by atoms with Gasteiger partial charge >= 0.3 is 0 Å². The molecule has 1 aromatic rings. The second-order valence-corrected chi connectivity index (χ2v) is 7.33. The van der Waals surface area contributed by atoms with Crippen molar-refractivity contribution >= 4 is 33.0 Å². The molecule has 0 amide bonds. The van der Waals surface area contributed by atoms with E-state index < -0.39 is 9.84 Å². The normalized spacial score (nSPS) is 13.3. The summed E-state index contributed by atoms with van der Waals surface area (Å²) in [4.78, 5) is 2.33. The quantitative estimate of drug-likeness (QED) is 0.838. The first-order valence-electron chi connectivity index (χ1n) is 5.58. The molecule has 0 bridgehead atoms. The van der Waals surface area contributed by atoms with Gasteiger partial charge in [0.1, 0.15) is 0 Å². The van der Waals surface area contributed by atoms with Crippen molar-refractivity contribution in [3.63, 3.8) is 0 Å². The van der Waals surface area contributed by atoms with Crippen LogP contribution in [0.1, 0.15) is 6.92 Å². The van der Waals surface area contributed by atoms with Gasteiger partial charge in [0.2, 0.25) is 0 Å². The van der Waals surface area contributed by atoms with Crippen molar-refractivity contribution in [2.45, 2.75) is 17.9 Å². The Morgan fingerprint density at radius 3 is 2.50 bits per heavy atom. The van der Waals surface area contributed by atoms with Crippen LogP contribution in [0.15, 0.2) is 23.1 Å². The summed E-state index contributed by atoms with van der Waals surface area (Å²) in [6, 6.07) is 5.23. The Kier molecular flexibility index (Phi) is 4.92. The van der Waals surface area contributed by atoms with Gasteiger partial charge in [-0.1, -0.05) is 0 Å². The van der Waals surface area contributed by atoms with Crippen LogP contribution in [0, 0.1) is 0 Å². The monoisotopic (exact) mass is 288 g/mol. The smallest absolute Gasteiger partial charge is 0.175 e. The predicted molar refractivity (Wildman–Crippen MR) is 80.2 cm³/mol. The summed E-state index contributed by atoms with van der Waals surface area (Å²) < 4.78 is 22.9. The third-order valence-corrected chi connectivity index (χ3v) is 4.80. The van der Waals surface area contributed by atoms with Crippen LogP contribution in [0.3, 0.4) is 0 Å². The van der Waals surface area contributed by atoms with Gasteiger partial charge in [-0.25, -0.2) is 8.42 Å². The molecular formula is C12H20N2O2S2. The summed E-state index contributed by atoms with van der Waals surface area (Å²) in [6.45, 7) is 2.11. The van der Waals surface area contributed by atoms with Crippen molar-refractivity contribution in [1.82, 2.24) is 0 Å². The minimum absolute atomic E-state index is 0.259.